The van der Waals surface area contributed by atoms with Crippen LogP contribution in [-0.2, 0) is 19.2 Å². The molecule has 0 fully saturated rings. The van der Waals surface area contributed by atoms with Crippen molar-refractivity contribution < 1.29 is 19.2 Å². The van der Waals surface area contributed by atoms with Crippen LogP contribution in [0.1, 0.15) is 12.8 Å². The normalized spacial score (nSPS) is 9.08. The number of hydroxylamine groups is 2. The molecule has 0 spiro atoms. The highest BCUT2D eigenvalue weighted by molar-refractivity contribution is 5.44. The summed E-state index contributed by atoms with van der Waals surface area (Å²) in [5.41, 5.74) is 0. The van der Waals surface area contributed by atoms with Gasteiger partial charge in [0, 0.05) is 6.54 Å². The van der Waals surface area contributed by atoms with Crippen LogP contribution < -0.4 is 0 Å². The first-order chi connectivity index (χ1) is 5.85. The Morgan fingerprint density at radius 2 is 2.08 bits per heavy atom. The molecule has 0 heterocycles. The summed E-state index contributed by atoms with van der Waals surface area (Å²) in [6, 6.07) is 0. The maximum absolute atomic E-state index is 10.2. The van der Waals surface area contributed by atoms with E-state index in [-0.39, 0.29) is 0 Å². The Morgan fingerprint density at radius 1 is 1.33 bits per heavy atom. The van der Waals surface area contributed by atoms with Gasteiger partial charge in [0.15, 0.2) is 0 Å². The summed E-state index contributed by atoms with van der Waals surface area (Å²) in [4.78, 5) is 24.5. The van der Waals surface area contributed by atoms with E-state index in [1.165, 1.54) is 12.2 Å². The molecule has 70 valence electrons. The van der Waals surface area contributed by atoms with Gasteiger partial charge in [-0.2, -0.15) is 0 Å². The SMILES string of the molecule is CON(C=O)CCCCOC=O. The lowest BCUT2D eigenvalue weighted by Crippen LogP contribution is -2.21. The lowest BCUT2D eigenvalue weighted by atomic mass is 10.3. The van der Waals surface area contributed by atoms with Gasteiger partial charge >= 0.3 is 0 Å². The Balaban J connectivity index is 3.17. The van der Waals surface area contributed by atoms with E-state index in [1.54, 1.807) is 0 Å². The van der Waals surface area contributed by atoms with Crippen LogP contribution in [0.2, 0.25) is 0 Å². The maximum atomic E-state index is 10.2. The minimum absolute atomic E-state index is 0.389. The number of unbranched alkanes of at least 4 members (excludes halogenated alkanes) is 1. The molecule has 0 aromatic carbocycles. The Labute approximate surface area is 71.2 Å². The fourth-order valence-corrected chi connectivity index (χ4v) is 0.688. The van der Waals surface area contributed by atoms with Crippen molar-refractivity contribution in [3.63, 3.8) is 0 Å². The quantitative estimate of drug-likeness (QED) is 0.295. The van der Waals surface area contributed by atoms with Crippen molar-refractivity contribution in [2.45, 2.75) is 12.8 Å². The lowest BCUT2D eigenvalue weighted by Gasteiger charge is -2.12. The first kappa shape index (κ1) is 10.9. The standard InChI is InChI=1S/C7H13NO4/c1-11-8(6-9)4-2-3-5-12-7-10/h6-7H,2-5H2,1H3. The van der Waals surface area contributed by atoms with Crippen molar-refractivity contribution >= 4 is 12.9 Å². The van der Waals surface area contributed by atoms with E-state index in [9.17, 15) is 9.59 Å². The van der Waals surface area contributed by atoms with E-state index in [1.807, 2.05) is 0 Å². The van der Waals surface area contributed by atoms with E-state index in [0.29, 0.717) is 26.0 Å². The molecule has 1 amide bonds. The molecule has 0 saturated heterocycles. The number of ether oxygens (including phenoxy) is 1. The maximum Gasteiger partial charge on any atom is 0.293 e. The molecule has 5 heteroatoms. The Hall–Kier alpha value is -1.10. The third kappa shape index (κ3) is 5.67. The Morgan fingerprint density at radius 3 is 2.58 bits per heavy atom. The average Bonchev–Trinajstić information content (AvgIpc) is 2.11. The molecule has 12 heavy (non-hydrogen) atoms. The second-order valence-corrected chi connectivity index (χ2v) is 2.10. The average molecular weight is 175 g/mol. The summed E-state index contributed by atoms with van der Waals surface area (Å²) in [5.74, 6) is 0. The topological polar surface area (TPSA) is 55.8 Å². The molecule has 0 aromatic rings. The molecular weight excluding hydrogens is 162 g/mol. The second kappa shape index (κ2) is 8.00. The van der Waals surface area contributed by atoms with E-state index < -0.39 is 0 Å². The highest BCUT2D eigenvalue weighted by Crippen LogP contribution is 1.92. The van der Waals surface area contributed by atoms with Gasteiger partial charge in [0.1, 0.15) is 0 Å². The van der Waals surface area contributed by atoms with Gasteiger partial charge in [-0.15, -0.1) is 0 Å². The molecule has 0 aliphatic heterocycles. The van der Waals surface area contributed by atoms with Crippen LogP contribution in [0.4, 0.5) is 0 Å². The van der Waals surface area contributed by atoms with Crippen molar-refractivity contribution in [3.05, 3.63) is 0 Å². The summed E-state index contributed by atoms with van der Waals surface area (Å²) in [5, 5.41) is 1.18. The lowest BCUT2D eigenvalue weighted by molar-refractivity contribution is -0.161. The fraction of sp³-hybridized carbons (Fsp3) is 0.714. The Kier molecular flexibility index (Phi) is 7.27. The van der Waals surface area contributed by atoms with E-state index in [0.717, 1.165) is 12.8 Å². The molecule has 0 aliphatic rings. The number of rotatable bonds is 8. The van der Waals surface area contributed by atoms with Crippen molar-refractivity contribution in [1.29, 1.82) is 0 Å². The van der Waals surface area contributed by atoms with Gasteiger partial charge in [0.25, 0.3) is 6.47 Å². The predicted octanol–water partition coefficient (Wildman–Crippen LogP) is -0.0406. The van der Waals surface area contributed by atoms with Crippen LogP contribution in [0.3, 0.4) is 0 Å². The predicted molar refractivity (Wildman–Crippen MR) is 41.0 cm³/mol. The fourth-order valence-electron chi connectivity index (χ4n) is 0.688. The molecule has 0 rings (SSSR count). The summed E-state index contributed by atoms with van der Waals surface area (Å²) in [6.07, 6.45) is 2.09. The summed E-state index contributed by atoms with van der Waals surface area (Å²) < 4.78 is 4.45. The van der Waals surface area contributed by atoms with E-state index in [4.69, 9.17) is 0 Å². The zero-order chi connectivity index (χ0) is 9.23. The van der Waals surface area contributed by atoms with Crippen LogP contribution >= 0.6 is 0 Å². The van der Waals surface area contributed by atoms with Gasteiger partial charge in [-0.3, -0.25) is 14.4 Å². The van der Waals surface area contributed by atoms with Crippen LogP contribution in [-0.4, -0.2) is 38.2 Å². The summed E-state index contributed by atoms with van der Waals surface area (Å²) >= 11 is 0. The summed E-state index contributed by atoms with van der Waals surface area (Å²) in [7, 11) is 1.43. The van der Waals surface area contributed by atoms with Gasteiger partial charge in [0.2, 0.25) is 6.41 Å². The number of hydrogen-bond acceptors (Lipinski definition) is 4. The van der Waals surface area contributed by atoms with E-state index in [2.05, 4.69) is 9.57 Å². The molecule has 5 nitrogen and oxygen atoms in total. The van der Waals surface area contributed by atoms with Crippen LogP contribution in [0.5, 0.6) is 0 Å². The third-order valence-corrected chi connectivity index (χ3v) is 1.31. The number of carbonyl (C=O) groups excluding carboxylic acids is 2. The van der Waals surface area contributed by atoms with Gasteiger partial charge in [0.05, 0.1) is 13.7 Å². The first-order valence-electron chi connectivity index (χ1n) is 3.66. The number of nitrogens with zero attached hydrogens (tertiary/aromatic N) is 1. The second-order valence-electron chi connectivity index (χ2n) is 2.10. The zero-order valence-corrected chi connectivity index (χ0v) is 7.06. The summed E-state index contributed by atoms with van der Waals surface area (Å²) in [6.45, 7) is 1.32. The van der Waals surface area contributed by atoms with Crippen molar-refractivity contribution in [1.82, 2.24) is 5.06 Å². The van der Waals surface area contributed by atoms with Crippen LogP contribution in [0.15, 0.2) is 0 Å². The largest absolute Gasteiger partial charge is 0.468 e. The van der Waals surface area contributed by atoms with Gasteiger partial charge in [-0.1, -0.05) is 0 Å². The zero-order valence-electron chi connectivity index (χ0n) is 7.06. The minimum atomic E-state index is 0.389. The third-order valence-electron chi connectivity index (χ3n) is 1.31. The molecule has 0 N–H and O–H groups in total. The molecule has 0 atom stereocenters. The van der Waals surface area contributed by atoms with E-state index >= 15 is 0 Å². The monoisotopic (exact) mass is 175 g/mol. The Bertz CT molecular complexity index is 129. The smallest absolute Gasteiger partial charge is 0.293 e. The molecule has 0 saturated carbocycles. The molecule has 0 aliphatic carbocycles. The number of hydrogen-bond donors (Lipinski definition) is 0. The number of carbonyl (C=O) groups is 2. The number of amides is 1. The van der Waals surface area contributed by atoms with Crippen molar-refractivity contribution in [3.8, 4) is 0 Å². The van der Waals surface area contributed by atoms with Gasteiger partial charge in [-0.25, -0.2) is 5.06 Å². The van der Waals surface area contributed by atoms with Gasteiger partial charge < -0.3 is 4.74 Å². The van der Waals surface area contributed by atoms with Crippen LogP contribution in [0, 0.1) is 0 Å². The van der Waals surface area contributed by atoms with Crippen molar-refractivity contribution in [2.75, 3.05) is 20.3 Å². The van der Waals surface area contributed by atoms with Crippen LogP contribution in [0.25, 0.3) is 0 Å². The first-order valence-corrected chi connectivity index (χ1v) is 3.66. The van der Waals surface area contributed by atoms with Crippen molar-refractivity contribution in [2.24, 2.45) is 0 Å². The highest BCUT2D eigenvalue weighted by Gasteiger charge is 1.97. The molecule has 0 bridgehead atoms. The highest BCUT2D eigenvalue weighted by atomic mass is 16.7. The minimum Gasteiger partial charge on any atom is -0.468 e. The molecule has 0 aromatic heterocycles. The molecule has 0 radical (unpaired) electrons. The molecule has 0 unspecified atom stereocenters. The molecular formula is C7H13NO4. The van der Waals surface area contributed by atoms with Gasteiger partial charge in [-0.05, 0) is 12.8 Å².